The smallest absolute Gasteiger partial charge is 0.128 e. The molecule has 0 radical (unpaired) electrons. The van der Waals surface area contributed by atoms with E-state index in [2.05, 4.69) is 10.6 Å². The molecular weight excluding hydrogens is 238 g/mol. The maximum absolute atomic E-state index is 13.4. The zero-order chi connectivity index (χ0) is 9.97. The highest BCUT2D eigenvalue weighted by Crippen LogP contribution is 2.21. The summed E-state index contributed by atoms with van der Waals surface area (Å²) in [6.07, 6.45) is 0. The average molecular weight is 251 g/mol. The first-order chi connectivity index (χ1) is 6.77. The molecule has 2 nitrogen and oxygen atoms in total. The van der Waals surface area contributed by atoms with Gasteiger partial charge in [-0.1, -0.05) is 11.6 Å². The van der Waals surface area contributed by atoms with Gasteiger partial charge in [0, 0.05) is 36.3 Å². The summed E-state index contributed by atoms with van der Waals surface area (Å²) < 4.78 is 13.4. The van der Waals surface area contributed by atoms with E-state index in [1.54, 1.807) is 12.1 Å². The van der Waals surface area contributed by atoms with Crippen LogP contribution in [0.1, 0.15) is 11.6 Å². The monoisotopic (exact) mass is 250 g/mol. The molecule has 1 atom stereocenters. The van der Waals surface area contributed by atoms with Crippen molar-refractivity contribution in [3.63, 3.8) is 0 Å². The molecule has 0 spiro atoms. The maximum atomic E-state index is 13.4. The number of nitrogens with one attached hydrogen (secondary N) is 2. The first-order valence-electron chi connectivity index (χ1n) is 4.66. The number of hydrogen-bond donors (Lipinski definition) is 2. The number of rotatable bonds is 1. The third-order valence-corrected chi connectivity index (χ3v) is 2.61. The van der Waals surface area contributed by atoms with Crippen LogP contribution < -0.4 is 10.6 Å². The van der Waals surface area contributed by atoms with E-state index in [-0.39, 0.29) is 24.3 Å². The van der Waals surface area contributed by atoms with Gasteiger partial charge in [0.15, 0.2) is 0 Å². The Morgan fingerprint density at radius 2 is 2.13 bits per heavy atom. The Labute approximate surface area is 99.6 Å². The second-order valence-electron chi connectivity index (χ2n) is 3.38. The van der Waals surface area contributed by atoms with E-state index < -0.39 is 0 Å². The molecule has 1 aliphatic heterocycles. The largest absolute Gasteiger partial charge is 0.314 e. The molecule has 0 aliphatic carbocycles. The van der Waals surface area contributed by atoms with Crippen LogP contribution in [0.5, 0.6) is 0 Å². The normalized spacial score (nSPS) is 20.8. The second-order valence-corrected chi connectivity index (χ2v) is 3.81. The van der Waals surface area contributed by atoms with Crippen LogP contribution in [0.2, 0.25) is 5.02 Å². The van der Waals surface area contributed by atoms with Gasteiger partial charge < -0.3 is 10.6 Å². The van der Waals surface area contributed by atoms with Crippen LogP contribution >= 0.6 is 24.0 Å². The van der Waals surface area contributed by atoms with Crippen LogP contribution in [-0.2, 0) is 0 Å². The van der Waals surface area contributed by atoms with Gasteiger partial charge >= 0.3 is 0 Å². The molecule has 0 aromatic heterocycles. The highest BCUT2D eigenvalue weighted by atomic mass is 35.5. The highest BCUT2D eigenvalue weighted by molar-refractivity contribution is 6.30. The van der Waals surface area contributed by atoms with E-state index in [9.17, 15) is 4.39 Å². The fourth-order valence-corrected chi connectivity index (χ4v) is 1.84. The fraction of sp³-hybridized carbons (Fsp3) is 0.400. The first-order valence-corrected chi connectivity index (χ1v) is 5.04. The Bertz CT molecular complexity index is 327. The van der Waals surface area contributed by atoms with E-state index in [0.717, 1.165) is 19.6 Å². The Hall–Kier alpha value is -0.350. The summed E-state index contributed by atoms with van der Waals surface area (Å²) in [6, 6.07) is 4.69. The van der Waals surface area contributed by atoms with Crippen molar-refractivity contribution in [2.45, 2.75) is 6.04 Å². The van der Waals surface area contributed by atoms with Gasteiger partial charge in [-0.25, -0.2) is 4.39 Å². The Morgan fingerprint density at radius 1 is 1.33 bits per heavy atom. The number of benzene rings is 1. The molecule has 0 saturated carbocycles. The van der Waals surface area contributed by atoms with Crippen molar-refractivity contribution in [3.8, 4) is 0 Å². The molecule has 1 heterocycles. The molecule has 1 fully saturated rings. The van der Waals surface area contributed by atoms with E-state index in [4.69, 9.17) is 11.6 Å². The van der Waals surface area contributed by atoms with Crippen LogP contribution in [0.25, 0.3) is 0 Å². The molecule has 1 aromatic rings. The van der Waals surface area contributed by atoms with E-state index in [0.29, 0.717) is 10.6 Å². The summed E-state index contributed by atoms with van der Waals surface area (Å²) in [6.45, 7) is 2.53. The molecule has 1 saturated heterocycles. The third-order valence-electron chi connectivity index (χ3n) is 2.37. The van der Waals surface area contributed by atoms with Crippen LogP contribution in [0.15, 0.2) is 18.2 Å². The Morgan fingerprint density at radius 3 is 2.80 bits per heavy atom. The van der Waals surface area contributed by atoms with Gasteiger partial charge in [0.25, 0.3) is 0 Å². The molecule has 0 amide bonds. The van der Waals surface area contributed by atoms with Gasteiger partial charge in [-0.15, -0.1) is 12.4 Å². The lowest BCUT2D eigenvalue weighted by Gasteiger charge is -2.25. The Balaban J connectivity index is 0.00000112. The second kappa shape index (κ2) is 5.66. The first kappa shape index (κ1) is 12.7. The van der Waals surface area contributed by atoms with Gasteiger partial charge in [-0.3, -0.25) is 0 Å². The minimum Gasteiger partial charge on any atom is -0.314 e. The molecule has 15 heavy (non-hydrogen) atoms. The van der Waals surface area contributed by atoms with Gasteiger partial charge in [0.05, 0.1) is 0 Å². The third kappa shape index (κ3) is 3.05. The molecule has 84 valence electrons. The quantitative estimate of drug-likeness (QED) is 0.799. The highest BCUT2D eigenvalue weighted by Gasteiger charge is 2.17. The minimum absolute atomic E-state index is 0. The van der Waals surface area contributed by atoms with Gasteiger partial charge in [0.1, 0.15) is 5.82 Å². The van der Waals surface area contributed by atoms with Crippen LogP contribution in [0.3, 0.4) is 0 Å². The predicted molar refractivity (Wildman–Crippen MR) is 62.3 cm³/mol. The topological polar surface area (TPSA) is 24.1 Å². The summed E-state index contributed by atoms with van der Waals surface area (Å²) in [7, 11) is 0. The summed E-state index contributed by atoms with van der Waals surface area (Å²) >= 11 is 5.82. The van der Waals surface area contributed by atoms with Gasteiger partial charge in [-0.05, 0) is 18.2 Å². The zero-order valence-corrected chi connectivity index (χ0v) is 9.67. The minimum atomic E-state index is -0.199. The SMILES string of the molecule is Cl.Fc1ccc(Cl)cc1[C@@H]1CNCCN1. The van der Waals surface area contributed by atoms with E-state index in [1.165, 1.54) is 6.07 Å². The zero-order valence-electron chi connectivity index (χ0n) is 8.09. The van der Waals surface area contributed by atoms with Crippen molar-refractivity contribution in [1.82, 2.24) is 10.6 Å². The lowest BCUT2D eigenvalue weighted by molar-refractivity contribution is 0.417. The summed E-state index contributed by atoms with van der Waals surface area (Å²) in [5.74, 6) is -0.199. The van der Waals surface area contributed by atoms with Crippen LogP contribution in [0.4, 0.5) is 4.39 Å². The van der Waals surface area contributed by atoms with Gasteiger partial charge in [-0.2, -0.15) is 0 Å². The number of hydrogen-bond acceptors (Lipinski definition) is 2. The summed E-state index contributed by atoms with van der Waals surface area (Å²) in [5.41, 5.74) is 0.643. The molecule has 2 rings (SSSR count). The average Bonchev–Trinajstić information content (AvgIpc) is 2.23. The predicted octanol–water partition coefficient (Wildman–Crippen LogP) is 2.13. The standard InChI is InChI=1S/C10H12ClFN2.ClH/c11-7-1-2-9(12)8(5-7)10-6-13-3-4-14-10;/h1-2,5,10,13-14H,3-4,6H2;1H/t10-;/m0./s1. The van der Waals surface area contributed by atoms with Crippen molar-refractivity contribution in [3.05, 3.63) is 34.6 Å². The molecule has 1 aliphatic rings. The number of piperazine rings is 1. The molecule has 1 aromatic carbocycles. The summed E-state index contributed by atoms with van der Waals surface area (Å²) in [5, 5.41) is 7.03. The Kier molecular flexibility index (Phi) is 4.80. The molecule has 0 unspecified atom stereocenters. The molecule has 2 N–H and O–H groups in total. The van der Waals surface area contributed by atoms with Crippen molar-refractivity contribution < 1.29 is 4.39 Å². The lowest BCUT2D eigenvalue weighted by atomic mass is 10.1. The fourth-order valence-electron chi connectivity index (χ4n) is 1.65. The maximum Gasteiger partial charge on any atom is 0.128 e. The van der Waals surface area contributed by atoms with Crippen LogP contribution in [-0.4, -0.2) is 19.6 Å². The van der Waals surface area contributed by atoms with E-state index >= 15 is 0 Å². The summed E-state index contributed by atoms with van der Waals surface area (Å²) in [4.78, 5) is 0. The lowest BCUT2D eigenvalue weighted by Crippen LogP contribution is -2.42. The number of halogens is 3. The van der Waals surface area contributed by atoms with Crippen molar-refractivity contribution >= 4 is 24.0 Å². The van der Waals surface area contributed by atoms with Crippen molar-refractivity contribution in [1.29, 1.82) is 0 Å². The molecular formula is C10H13Cl2FN2. The molecule has 5 heteroatoms. The van der Waals surface area contributed by atoms with Crippen LogP contribution in [0, 0.1) is 5.82 Å². The van der Waals surface area contributed by atoms with Gasteiger partial charge in [0.2, 0.25) is 0 Å². The van der Waals surface area contributed by atoms with E-state index in [1.807, 2.05) is 0 Å². The van der Waals surface area contributed by atoms with Crippen molar-refractivity contribution in [2.24, 2.45) is 0 Å². The molecule has 0 bridgehead atoms. The van der Waals surface area contributed by atoms with Crippen molar-refractivity contribution in [2.75, 3.05) is 19.6 Å².